The highest BCUT2D eigenvalue weighted by Crippen LogP contribution is 2.26. The maximum absolute atomic E-state index is 12.1. The molecule has 10 heteroatoms. The Morgan fingerprint density at radius 3 is 1.40 bits per heavy atom. The first-order valence-electron chi connectivity index (χ1n) is 10.2. The lowest BCUT2D eigenvalue weighted by molar-refractivity contribution is -0.120. The van der Waals surface area contributed by atoms with E-state index in [1.807, 2.05) is 27.7 Å². The number of tetrazole rings is 2. The fourth-order valence-corrected chi connectivity index (χ4v) is 3.31. The summed E-state index contributed by atoms with van der Waals surface area (Å²) in [6, 6.07) is 0. The van der Waals surface area contributed by atoms with Gasteiger partial charge in [-0.15, -0.1) is 20.4 Å². The Morgan fingerprint density at radius 1 is 0.700 bits per heavy atom. The molecule has 0 unspecified atom stereocenters. The zero-order valence-corrected chi connectivity index (χ0v) is 17.9. The number of aromatic amines is 2. The maximum atomic E-state index is 12.1. The van der Waals surface area contributed by atoms with Crippen LogP contribution in [0.4, 0.5) is 0 Å². The van der Waals surface area contributed by atoms with Crippen LogP contribution in [0.1, 0.15) is 105 Å². The monoisotopic (exact) mass is 420 g/mol. The molecule has 0 spiro atoms. The average molecular weight is 421 g/mol. The maximum Gasteiger partial charge on any atom is 0.180 e. The quantitative estimate of drug-likeness (QED) is 0.474. The fraction of sp³-hybridized carbons (Fsp3) is 0.800. The van der Waals surface area contributed by atoms with Crippen molar-refractivity contribution in [1.82, 2.24) is 41.2 Å². The van der Waals surface area contributed by atoms with Crippen molar-refractivity contribution in [2.75, 3.05) is 0 Å². The molecule has 168 valence electrons. The molecule has 30 heavy (non-hydrogen) atoms. The van der Waals surface area contributed by atoms with E-state index in [9.17, 15) is 9.59 Å². The Bertz CT molecular complexity index is 690. The smallest absolute Gasteiger partial charge is 0.180 e. The third-order valence-electron chi connectivity index (χ3n) is 5.33. The summed E-state index contributed by atoms with van der Waals surface area (Å²) in [4.78, 5) is 24.2. The van der Waals surface area contributed by atoms with E-state index in [-0.39, 0.29) is 29.8 Å². The largest absolute Gasteiger partial charge is 0.300 e. The van der Waals surface area contributed by atoms with Crippen LogP contribution in [0, 0.1) is 0 Å². The van der Waals surface area contributed by atoms with Gasteiger partial charge in [-0.05, 0) is 32.1 Å². The molecule has 0 atom stereocenters. The SMILES string of the molecule is C.CC(C)(CCCC(=O)CCCC(=O)CCCC(C)(C)c1nn[nH]n1)c1nn[nH]n1. The fourth-order valence-electron chi connectivity index (χ4n) is 3.31. The number of rotatable bonds is 14. The molecular formula is C20H36N8O2. The molecule has 2 rings (SSSR count). The van der Waals surface area contributed by atoms with Crippen LogP contribution < -0.4 is 0 Å². The van der Waals surface area contributed by atoms with Crippen LogP contribution in [0.25, 0.3) is 0 Å². The van der Waals surface area contributed by atoms with Crippen molar-refractivity contribution in [2.45, 2.75) is 104 Å². The summed E-state index contributed by atoms with van der Waals surface area (Å²) in [5.41, 5.74) is -0.420. The van der Waals surface area contributed by atoms with Gasteiger partial charge in [0.05, 0.1) is 0 Å². The average Bonchev–Trinajstić information content (AvgIpc) is 3.35. The van der Waals surface area contributed by atoms with E-state index in [0.29, 0.717) is 43.8 Å². The van der Waals surface area contributed by atoms with Crippen LogP contribution in [0.5, 0.6) is 0 Å². The highest BCUT2D eigenvalue weighted by molar-refractivity contribution is 5.81. The summed E-state index contributed by atoms with van der Waals surface area (Å²) in [5, 5.41) is 28.2. The number of H-pyrrole nitrogens is 2. The minimum absolute atomic E-state index is 0. The van der Waals surface area contributed by atoms with Gasteiger partial charge in [0.25, 0.3) is 0 Å². The number of nitrogens with one attached hydrogen (secondary N) is 2. The van der Waals surface area contributed by atoms with Crippen molar-refractivity contribution in [3.05, 3.63) is 11.6 Å². The molecule has 2 aromatic heterocycles. The topological polar surface area (TPSA) is 143 Å². The Balaban J connectivity index is 0.00000450. The minimum atomic E-state index is -0.210. The Labute approximate surface area is 178 Å². The van der Waals surface area contributed by atoms with Crippen molar-refractivity contribution in [1.29, 1.82) is 0 Å². The van der Waals surface area contributed by atoms with E-state index >= 15 is 0 Å². The highest BCUT2D eigenvalue weighted by Gasteiger charge is 2.26. The van der Waals surface area contributed by atoms with Gasteiger partial charge in [-0.3, -0.25) is 9.59 Å². The number of hydrogen-bond acceptors (Lipinski definition) is 8. The van der Waals surface area contributed by atoms with Gasteiger partial charge >= 0.3 is 0 Å². The molecule has 0 aliphatic rings. The van der Waals surface area contributed by atoms with Crippen molar-refractivity contribution < 1.29 is 9.59 Å². The number of Topliss-reactive ketones (excluding diaryl/α,β-unsaturated/α-hetero) is 2. The summed E-state index contributed by atoms with van der Waals surface area (Å²) in [5.74, 6) is 1.75. The van der Waals surface area contributed by atoms with E-state index in [2.05, 4.69) is 41.2 Å². The van der Waals surface area contributed by atoms with Gasteiger partial charge in [-0.25, -0.2) is 0 Å². The molecule has 0 saturated carbocycles. The second kappa shape index (κ2) is 11.6. The van der Waals surface area contributed by atoms with E-state index in [1.54, 1.807) is 0 Å². The molecule has 0 aliphatic heterocycles. The predicted molar refractivity (Wildman–Crippen MR) is 113 cm³/mol. The van der Waals surface area contributed by atoms with Crippen LogP contribution in [-0.4, -0.2) is 52.8 Å². The van der Waals surface area contributed by atoms with Gasteiger partial charge in [0.1, 0.15) is 11.6 Å². The van der Waals surface area contributed by atoms with Gasteiger partial charge < -0.3 is 0 Å². The molecule has 0 saturated heterocycles. The number of aromatic nitrogens is 8. The van der Waals surface area contributed by atoms with Gasteiger partial charge in [0.2, 0.25) is 0 Å². The van der Waals surface area contributed by atoms with Crippen LogP contribution >= 0.6 is 0 Å². The summed E-state index contributed by atoms with van der Waals surface area (Å²) in [6.07, 6.45) is 5.77. The molecule has 10 nitrogen and oxygen atoms in total. The Morgan fingerprint density at radius 2 is 1.07 bits per heavy atom. The molecular weight excluding hydrogens is 384 g/mol. The minimum Gasteiger partial charge on any atom is -0.300 e. The van der Waals surface area contributed by atoms with Gasteiger partial charge in [-0.2, -0.15) is 10.4 Å². The zero-order chi connectivity index (χ0) is 21.3. The van der Waals surface area contributed by atoms with Gasteiger partial charge in [0, 0.05) is 36.5 Å². The number of carbonyl (C=O) groups excluding carboxylic acids is 2. The number of ketones is 2. The van der Waals surface area contributed by atoms with Gasteiger partial charge in [0.15, 0.2) is 11.6 Å². The second-order valence-electron chi connectivity index (χ2n) is 8.88. The first-order valence-corrected chi connectivity index (χ1v) is 10.2. The van der Waals surface area contributed by atoms with Crippen molar-refractivity contribution in [2.24, 2.45) is 0 Å². The van der Waals surface area contributed by atoms with Crippen LogP contribution in [0.15, 0.2) is 0 Å². The molecule has 0 bridgehead atoms. The van der Waals surface area contributed by atoms with E-state index in [1.165, 1.54) is 0 Å². The summed E-state index contributed by atoms with van der Waals surface area (Å²) in [6.45, 7) is 8.17. The summed E-state index contributed by atoms with van der Waals surface area (Å²) >= 11 is 0. The molecule has 0 radical (unpaired) electrons. The van der Waals surface area contributed by atoms with Gasteiger partial charge in [-0.1, -0.05) is 45.5 Å². The standard InChI is InChI=1S/C19H32N8O2.CH4/c1-18(2,16-20-24-25-21-16)12-6-10-14(28)8-5-9-15(29)11-7-13-19(3,4)17-22-26-27-23-17;/h5-13H2,1-4H3,(H,20,21,24,25)(H,22,23,26,27);1H4. The van der Waals surface area contributed by atoms with Crippen molar-refractivity contribution in [3.8, 4) is 0 Å². The Hall–Kier alpha value is -2.52. The third-order valence-corrected chi connectivity index (χ3v) is 5.33. The Kier molecular flexibility index (Phi) is 9.88. The van der Waals surface area contributed by atoms with E-state index in [0.717, 1.165) is 25.7 Å². The first-order chi connectivity index (χ1) is 13.7. The molecule has 2 heterocycles. The van der Waals surface area contributed by atoms with Crippen LogP contribution in [-0.2, 0) is 20.4 Å². The second-order valence-corrected chi connectivity index (χ2v) is 8.88. The molecule has 2 N–H and O–H groups in total. The first kappa shape index (κ1) is 25.5. The third kappa shape index (κ3) is 8.08. The predicted octanol–water partition coefficient (Wildman–Crippen LogP) is 3.25. The molecule has 0 amide bonds. The zero-order valence-electron chi connectivity index (χ0n) is 17.9. The molecule has 0 aliphatic carbocycles. The lowest BCUT2D eigenvalue weighted by atomic mass is 9.85. The number of hydrogen-bond donors (Lipinski definition) is 2. The molecule has 0 aromatic carbocycles. The lowest BCUT2D eigenvalue weighted by Crippen LogP contribution is -2.19. The number of carbonyl (C=O) groups is 2. The molecule has 2 aromatic rings. The van der Waals surface area contributed by atoms with Crippen LogP contribution in [0.3, 0.4) is 0 Å². The lowest BCUT2D eigenvalue weighted by Gasteiger charge is -2.19. The molecule has 0 fully saturated rings. The summed E-state index contributed by atoms with van der Waals surface area (Å²) < 4.78 is 0. The summed E-state index contributed by atoms with van der Waals surface area (Å²) in [7, 11) is 0. The number of nitrogens with zero attached hydrogens (tertiary/aromatic N) is 6. The van der Waals surface area contributed by atoms with Crippen LogP contribution in [0.2, 0.25) is 0 Å². The van der Waals surface area contributed by atoms with Crippen molar-refractivity contribution in [3.63, 3.8) is 0 Å². The van der Waals surface area contributed by atoms with E-state index in [4.69, 9.17) is 0 Å². The normalized spacial score (nSPS) is 11.9. The van der Waals surface area contributed by atoms with Crippen molar-refractivity contribution >= 4 is 11.6 Å². The van der Waals surface area contributed by atoms with E-state index < -0.39 is 0 Å². The highest BCUT2D eigenvalue weighted by atomic mass is 16.1.